The second-order valence-corrected chi connectivity index (χ2v) is 5.73. The number of pyridine rings is 2. The number of imidazole rings is 1. The van der Waals surface area contributed by atoms with Gasteiger partial charge in [0.15, 0.2) is 11.6 Å². The summed E-state index contributed by atoms with van der Waals surface area (Å²) in [5.74, 6) is 0.789. The molecule has 0 fully saturated rings. The van der Waals surface area contributed by atoms with E-state index in [0.717, 1.165) is 17.5 Å². The third-order valence-corrected chi connectivity index (χ3v) is 4.07. The van der Waals surface area contributed by atoms with Gasteiger partial charge in [-0.15, -0.1) is 0 Å². The number of rotatable bonds is 4. The van der Waals surface area contributed by atoms with Crippen LogP contribution in [0.15, 0.2) is 54.3 Å². The maximum Gasteiger partial charge on any atom is 0.154 e. The van der Waals surface area contributed by atoms with Gasteiger partial charge in [0, 0.05) is 6.20 Å². The first-order valence-electron chi connectivity index (χ1n) is 8.06. The van der Waals surface area contributed by atoms with Crippen molar-refractivity contribution in [1.82, 2.24) is 19.6 Å². The number of aliphatic hydroxyl groups is 1. The molecule has 0 spiro atoms. The summed E-state index contributed by atoms with van der Waals surface area (Å²) in [6, 6.07) is 3.67. The van der Waals surface area contributed by atoms with Crippen molar-refractivity contribution in [2.24, 2.45) is 0 Å². The zero-order valence-corrected chi connectivity index (χ0v) is 13.6. The molecule has 0 atom stereocenters. The Labute approximate surface area is 144 Å². The first-order valence-corrected chi connectivity index (χ1v) is 8.06. The summed E-state index contributed by atoms with van der Waals surface area (Å²) in [7, 11) is 0. The molecule has 0 saturated heterocycles. The van der Waals surface area contributed by atoms with Crippen molar-refractivity contribution in [1.29, 1.82) is 0 Å². The zero-order valence-electron chi connectivity index (χ0n) is 13.6. The van der Waals surface area contributed by atoms with Gasteiger partial charge in [-0.3, -0.25) is 4.98 Å². The zero-order chi connectivity index (χ0) is 17.2. The Morgan fingerprint density at radius 3 is 3.04 bits per heavy atom. The van der Waals surface area contributed by atoms with Gasteiger partial charge in [-0.05, 0) is 24.1 Å². The molecule has 0 saturated carbocycles. The van der Waals surface area contributed by atoms with Gasteiger partial charge in [0.25, 0.3) is 0 Å². The Morgan fingerprint density at radius 1 is 1.24 bits per heavy atom. The normalized spacial score (nSPS) is 14.0. The van der Waals surface area contributed by atoms with Crippen LogP contribution in [0.3, 0.4) is 0 Å². The smallest absolute Gasteiger partial charge is 0.154 e. The molecule has 0 aromatic carbocycles. The van der Waals surface area contributed by atoms with Crippen molar-refractivity contribution >= 4 is 27.9 Å². The lowest BCUT2D eigenvalue weighted by molar-refractivity contribution is 0.268. The highest BCUT2D eigenvalue weighted by Gasteiger charge is 2.17. The molecule has 7 heteroatoms. The second-order valence-electron chi connectivity index (χ2n) is 5.73. The van der Waals surface area contributed by atoms with Crippen molar-refractivity contribution in [2.75, 3.05) is 17.7 Å². The van der Waals surface area contributed by atoms with Gasteiger partial charge in [0.1, 0.15) is 23.2 Å². The standard InChI is InChI=1S/C18H18N6O/c19-18-16-17(15-13(22-18)8-5-9-20-15)24(14(11-25)23-16)21-10-12-6-3-1-2-4-7-12/h1,3-9,21,25H,2,10-11H2,(H2,19,22). The van der Waals surface area contributed by atoms with E-state index in [1.807, 2.05) is 18.2 Å². The average molecular weight is 334 g/mol. The van der Waals surface area contributed by atoms with Crippen LogP contribution in [0.2, 0.25) is 0 Å². The van der Waals surface area contributed by atoms with Gasteiger partial charge >= 0.3 is 0 Å². The quantitative estimate of drug-likeness (QED) is 0.675. The van der Waals surface area contributed by atoms with Crippen molar-refractivity contribution in [3.8, 4) is 0 Å². The van der Waals surface area contributed by atoms with Gasteiger partial charge in [0.2, 0.25) is 0 Å². The van der Waals surface area contributed by atoms with E-state index in [1.54, 1.807) is 10.9 Å². The lowest BCUT2D eigenvalue weighted by atomic mass is 10.2. The van der Waals surface area contributed by atoms with Crippen LogP contribution in [0, 0.1) is 0 Å². The van der Waals surface area contributed by atoms with Crippen molar-refractivity contribution in [3.05, 3.63) is 60.1 Å². The maximum absolute atomic E-state index is 9.72. The summed E-state index contributed by atoms with van der Waals surface area (Å²) < 4.78 is 1.76. The number of hydrogen-bond donors (Lipinski definition) is 3. The summed E-state index contributed by atoms with van der Waals surface area (Å²) in [6.45, 7) is 0.361. The van der Waals surface area contributed by atoms with Gasteiger partial charge in [0.05, 0.1) is 12.1 Å². The highest BCUT2D eigenvalue weighted by molar-refractivity contribution is 6.04. The molecule has 126 valence electrons. The van der Waals surface area contributed by atoms with Gasteiger partial charge in [-0.25, -0.2) is 14.6 Å². The Bertz CT molecular complexity index is 1030. The minimum atomic E-state index is -0.218. The third kappa shape index (κ3) is 2.74. The molecule has 4 rings (SSSR count). The molecule has 25 heavy (non-hydrogen) atoms. The van der Waals surface area contributed by atoms with Crippen LogP contribution in [0.5, 0.6) is 0 Å². The minimum absolute atomic E-state index is 0.218. The average Bonchev–Trinajstić information content (AvgIpc) is 2.81. The summed E-state index contributed by atoms with van der Waals surface area (Å²) in [6.07, 6.45) is 13.0. The lowest BCUT2D eigenvalue weighted by Crippen LogP contribution is -2.20. The van der Waals surface area contributed by atoms with E-state index in [-0.39, 0.29) is 6.61 Å². The Balaban J connectivity index is 1.84. The van der Waals surface area contributed by atoms with Crippen molar-refractivity contribution in [2.45, 2.75) is 13.0 Å². The van der Waals surface area contributed by atoms with Crippen LogP contribution in [-0.2, 0) is 6.61 Å². The van der Waals surface area contributed by atoms with E-state index in [0.29, 0.717) is 34.7 Å². The van der Waals surface area contributed by atoms with Crippen LogP contribution in [0.4, 0.5) is 5.82 Å². The molecule has 0 radical (unpaired) electrons. The number of aliphatic hydroxyl groups excluding tert-OH is 1. The van der Waals surface area contributed by atoms with E-state index in [2.05, 4.69) is 44.7 Å². The summed E-state index contributed by atoms with van der Waals surface area (Å²) in [5, 5.41) is 9.72. The Kier molecular flexibility index (Phi) is 3.91. The highest BCUT2D eigenvalue weighted by Crippen LogP contribution is 2.26. The first-order chi connectivity index (χ1) is 12.3. The fourth-order valence-corrected chi connectivity index (χ4v) is 2.90. The van der Waals surface area contributed by atoms with E-state index < -0.39 is 0 Å². The van der Waals surface area contributed by atoms with Crippen molar-refractivity contribution in [3.63, 3.8) is 0 Å². The molecule has 3 aromatic rings. The Hall–Kier alpha value is -3.19. The number of allylic oxidation sites excluding steroid dienone is 4. The van der Waals surface area contributed by atoms with Crippen LogP contribution < -0.4 is 11.2 Å². The summed E-state index contributed by atoms with van der Waals surface area (Å²) >= 11 is 0. The number of nitrogens with one attached hydrogen (secondary N) is 1. The monoisotopic (exact) mass is 334 g/mol. The summed E-state index contributed by atoms with van der Waals surface area (Å²) in [5.41, 5.74) is 13.1. The van der Waals surface area contributed by atoms with Crippen LogP contribution in [0.25, 0.3) is 22.1 Å². The molecule has 0 aliphatic heterocycles. The molecule has 3 heterocycles. The van der Waals surface area contributed by atoms with Crippen LogP contribution >= 0.6 is 0 Å². The number of fused-ring (bicyclic) bond motifs is 3. The molecule has 7 nitrogen and oxygen atoms in total. The molecular weight excluding hydrogens is 316 g/mol. The van der Waals surface area contributed by atoms with E-state index in [1.165, 1.54) is 0 Å². The molecular formula is C18H18N6O. The second kappa shape index (κ2) is 6.37. The molecule has 1 aliphatic carbocycles. The fourth-order valence-electron chi connectivity index (χ4n) is 2.90. The SMILES string of the molecule is Nc1nc2cccnc2c2c1nc(CO)n2NCC1=CC=CCC=C1. The van der Waals surface area contributed by atoms with E-state index >= 15 is 0 Å². The van der Waals surface area contributed by atoms with Gasteiger partial charge in [-0.1, -0.05) is 30.4 Å². The number of aromatic nitrogens is 4. The molecule has 3 aromatic heterocycles. The number of hydrogen-bond acceptors (Lipinski definition) is 6. The molecule has 1 aliphatic rings. The predicted octanol–water partition coefficient (Wildman–Crippen LogP) is 2.04. The first kappa shape index (κ1) is 15.3. The molecule has 4 N–H and O–H groups in total. The predicted molar refractivity (Wildman–Crippen MR) is 98.4 cm³/mol. The van der Waals surface area contributed by atoms with E-state index in [9.17, 15) is 5.11 Å². The van der Waals surface area contributed by atoms with Crippen molar-refractivity contribution < 1.29 is 5.11 Å². The van der Waals surface area contributed by atoms with Crippen LogP contribution in [-0.4, -0.2) is 31.3 Å². The largest absolute Gasteiger partial charge is 0.388 e. The topological polar surface area (TPSA) is 102 Å². The minimum Gasteiger partial charge on any atom is -0.388 e. The fraction of sp³-hybridized carbons (Fsp3) is 0.167. The van der Waals surface area contributed by atoms with Crippen LogP contribution in [0.1, 0.15) is 12.2 Å². The number of nitrogens with zero attached hydrogens (tertiary/aromatic N) is 4. The highest BCUT2D eigenvalue weighted by atomic mass is 16.3. The van der Waals surface area contributed by atoms with Gasteiger partial charge in [-0.2, -0.15) is 0 Å². The van der Waals surface area contributed by atoms with Gasteiger partial charge < -0.3 is 16.3 Å². The number of nitrogen functional groups attached to an aromatic ring is 1. The lowest BCUT2D eigenvalue weighted by Gasteiger charge is -2.12. The number of nitrogens with two attached hydrogens (primary N) is 1. The Morgan fingerprint density at radius 2 is 2.16 bits per heavy atom. The van der Waals surface area contributed by atoms with E-state index in [4.69, 9.17) is 5.73 Å². The molecule has 0 amide bonds. The summed E-state index contributed by atoms with van der Waals surface area (Å²) in [4.78, 5) is 13.2. The molecule has 0 unspecified atom stereocenters. The third-order valence-electron chi connectivity index (χ3n) is 4.07. The molecule has 0 bridgehead atoms. The maximum atomic E-state index is 9.72. The number of anilines is 1.